The number of carbonyl (C=O) groups excluding carboxylic acids is 1. The van der Waals surface area contributed by atoms with Crippen LogP contribution in [0.3, 0.4) is 0 Å². The second-order valence-corrected chi connectivity index (χ2v) is 6.57. The molecule has 0 heterocycles. The Hall–Kier alpha value is -1.16. The molecular weight excluding hydrogens is 270 g/mol. The van der Waals surface area contributed by atoms with Gasteiger partial charge in [0.25, 0.3) is 0 Å². The number of thioether (sulfide) groups is 1. The molecule has 1 aromatic carbocycles. The van der Waals surface area contributed by atoms with Gasteiger partial charge in [-0.1, -0.05) is 25.3 Å². The van der Waals surface area contributed by atoms with Crippen molar-refractivity contribution in [2.24, 2.45) is 0 Å². The molecule has 1 aromatic rings. The first kappa shape index (κ1) is 15.2. The number of rotatable bonds is 6. The van der Waals surface area contributed by atoms with Gasteiger partial charge in [-0.25, -0.2) is 0 Å². The van der Waals surface area contributed by atoms with E-state index in [-0.39, 0.29) is 5.91 Å². The molecule has 1 amide bonds. The van der Waals surface area contributed by atoms with E-state index in [2.05, 4.69) is 5.32 Å². The summed E-state index contributed by atoms with van der Waals surface area (Å²) in [5, 5.41) is 3.69. The lowest BCUT2D eigenvalue weighted by Gasteiger charge is -2.20. The van der Waals surface area contributed by atoms with Crippen LogP contribution in [0.5, 0.6) is 5.75 Å². The maximum absolute atomic E-state index is 11.9. The van der Waals surface area contributed by atoms with Crippen molar-refractivity contribution in [3.05, 3.63) is 24.3 Å². The monoisotopic (exact) mass is 293 g/mol. The third kappa shape index (κ3) is 5.08. The van der Waals surface area contributed by atoms with Crippen LogP contribution >= 0.6 is 11.8 Å². The molecule has 0 aromatic heterocycles. The van der Waals surface area contributed by atoms with Gasteiger partial charge in [-0.05, 0) is 25.0 Å². The molecule has 1 aliphatic rings. The number of benzene rings is 1. The van der Waals surface area contributed by atoms with Crippen molar-refractivity contribution in [2.45, 2.75) is 43.8 Å². The lowest BCUT2D eigenvalue weighted by Crippen LogP contribution is -2.14. The molecule has 0 radical (unpaired) electrons. The summed E-state index contributed by atoms with van der Waals surface area (Å²) < 4.78 is 5.14. The Morgan fingerprint density at radius 2 is 2.15 bits per heavy atom. The smallest absolute Gasteiger partial charge is 0.225 e. The Balaban J connectivity index is 1.69. The van der Waals surface area contributed by atoms with Crippen molar-refractivity contribution in [1.82, 2.24) is 0 Å². The predicted molar refractivity (Wildman–Crippen MR) is 85.6 cm³/mol. The van der Waals surface area contributed by atoms with E-state index in [9.17, 15) is 4.79 Å². The highest BCUT2D eigenvalue weighted by atomic mass is 32.2. The second-order valence-electron chi connectivity index (χ2n) is 5.16. The van der Waals surface area contributed by atoms with Crippen molar-refractivity contribution < 1.29 is 9.53 Å². The van der Waals surface area contributed by atoms with E-state index in [1.165, 1.54) is 32.1 Å². The Labute approximate surface area is 125 Å². The van der Waals surface area contributed by atoms with Crippen molar-refractivity contribution in [2.75, 3.05) is 18.2 Å². The van der Waals surface area contributed by atoms with E-state index >= 15 is 0 Å². The highest BCUT2D eigenvalue weighted by Gasteiger charge is 2.14. The van der Waals surface area contributed by atoms with Crippen LogP contribution in [0.15, 0.2) is 24.3 Å². The number of methoxy groups -OCH3 is 1. The molecule has 20 heavy (non-hydrogen) atoms. The molecule has 1 saturated carbocycles. The first-order chi connectivity index (χ1) is 9.78. The Bertz CT molecular complexity index is 430. The summed E-state index contributed by atoms with van der Waals surface area (Å²) in [4.78, 5) is 11.9. The number of nitrogens with one attached hydrogen (secondary N) is 1. The lowest BCUT2D eigenvalue weighted by molar-refractivity contribution is -0.115. The van der Waals surface area contributed by atoms with Crippen molar-refractivity contribution in [1.29, 1.82) is 0 Å². The maximum Gasteiger partial charge on any atom is 0.225 e. The fourth-order valence-electron chi connectivity index (χ4n) is 2.47. The largest absolute Gasteiger partial charge is 0.497 e. The number of carbonyl (C=O) groups is 1. The van der Waals surface area contributed by atoms with Gasteiger partial charge in [0.15, 0.2) is 0 Å². The fourth-order valence-corrected chi connectivity index (χ4v) is 3.78. The van der Waals surface area contributed by atoms with Gasteiger partial charge in [-0.2, -0.15) is 11.8 Å². The zero-order valence-corrected chi connectivity index (χ0v) is 12.9. The molecule has 0 aliphatic heterocycles. The van der Waals surface area contributed by atoms with Crippen molar-refractivity contribution in [3.8, 4) is 5.75 Å². The molecule has 0 saturated heterocycles. The summed E-state index contributed by atoms with van der Waals surface area (Å²) in [6.07, 6.45) is 7.32. The van der Waals surface area contributed by atoms with Crippen LogP contribution in [0.1, 0.15) is 38.5 Å². The van der Waals surface area contributed by atoms with Crippen LogP contribution in [-0.2, 0) is 4.79 Å². The van der Waals surface area contributed by atoms with E-state index in [1.54, 1.807) is 7.11 Å². The van der Waals surface area contributed by atoms with Crippen molar-refractivity contribution >= 4 is 23.4 Å². The quantitative estimate of drug-likeness (QED) is 0.858. The number of ether oxygens (including phenoxy) is 1. The highest BCUT2D eigenvalue weighted by molar-refractivity contribution is 7.99. The molecule has 0 spiro atoms. The molecule has 0 unspecified atom stereocenters. The van der Waals surface area contributed by atoms with Crippen LogP contribution < -0.4 is 10.1 Å². The summed E-state index contributed by atoms with van der Waals surface area (Å²) in [5.74, 6) is 1.77. The van der Waals surface area contributed by atoms with Crippen LogP contribution in [0, 0.1) is 0 Å². The van der Waals surface area contributed by atoms with Gasteiger partial charge < -0.3 is 10.1 Å². The topological polar surface area (TPSA) is 38.3 Å². The van der Waals surface area contributed by atoms with Gasteiger partial charge in [0.05, 0.1) is 7.11 Å². The molecule has 4 heteroatoms. The SMILES string of the molecule is COc1cccc(NC(=O)CCSC2CCCCC2)c1. The molecule has 1 fully saturated rings. The molecule has 2 rings (SSSR count). The predicted octanol–water partition coefficient (Wildman–Crippen LogP) is 4.09. The van der Waals surface area contributed by atoms with Gasteiger partial charge in [-0.15, -0.1) is 0 Å². The van der Waals surface area contributed by atoms with Gasteiger partial charge in [0.1, 0.15) is 5.75 Å². The summed E-state index contributed by atoms with van der Waals surface area (Å²) in [5.41, 5.74) is 0.803. The average Bonchev–Trinajstić information content (AvgIpc) is 2.48. The number of hydrogen-bond donors (Lipinski definition) is 1. The summed E-state index contributed by atoms with van der Waals surface area (Å²) >= 11 is 1.96. The summed E-state index contributed by atoms with van der Waals surface area (Å²) in [7, 11) is 1.63. The minimum atomic E-state index is 0.0848. The molecule has 0 atom stereocenters. The van der Waals surface area contributed by atoms with E-state index in [0.29, 0.717) is 6.42 Å². The minimum Gasteiger partial charge on any atom is -0.497 e. The van der Waals surface area contributed by atoms with E-state index in [0.717, 1.165) is 22.4 Å². The minimum absolute atomic E-state index is 0.0848. The van der Waals surface area contributed by atoms with Gasteiger partial charge >= 0.3 is 0 Å². The number of amides is 1. The molecule has 1 N–H and O–H groups in total. The Morgan fingerprint density at radius 3 is 2.90 bits per heavy atom. The average molecular weight is 293 g/mol. The standard InChI is InChI=1S/C16H23NO2S/c1-19-14-7-5-6-13(12-14)17-16(18)10-11-20-15-8-3-2-4-9-15/h5-7,12,15H,2-4,8-11H2,1H3,(H,17,18). The molecule has 1 aliphatic carbocycles. The normalized spacial score (nSPS) is 15.8. The first-order valence-corrected chi connectivity index (χ1v) is 8.38. The third-order valence-corrected chi connectivity index (χ3v) is 4.97. The Kier molecular flexibility index (Phi) is 6.25. The zero-order valence-electron chi connectivity index (χ0n) is 12.1. The van der Waals surface area contributed by atoms with E-state index in [4.69, 9.17) is 4.74 Å². The molecule has 3 nitrogen and oxygen atoms in total. The second kappa shape index (κ2) is 8.20. The molecule has 110 valence electrons. The lowest BCUT2D eigenvalue weighted by atomic mass is 10.0. The zero-order chi connectivity index (χ0) is 14.2. The van der Waals surface area contributed by atoms with E-state index < -0.39 is 0 Å². The van der Waals surface area contributed by atoms with Gasteiger partial charge in [0.2, 0.25) is 5.91 Å². The maximum atomic E-state index is 11.9. The van der Waals surface area contributed by atoms with Crippen LogP contribution in [0.25, 0.3) is 0 Å². The molecular formula is C16H23NO2S. The first-order valence-electron chi connectivity index (χ1n) is 7.33. The highest BCUT2D eigenvalue weighted by Crippen LogP contribution is 2.28. The Morgan fingerprint density at radius 1 is 1.35 bits per heavy atom. The van der Waals surface area contributed by atoms with Gasteiger partial charge in [-0.3, -0.25) is 4.79 Å². The van der Waals surface area contributed by atoms with Crippen molar-refractivity contribution in [3.63, 3.8) is 0 Å². The third-order valence-electron chi connectivity index (χ3n) is 3.59. The van der Waals surface area contributed by atoms with Gasteiger partial charge in [0, 0.05) is 29.2 Å². The van der Waals surface area contributed by atoms with Crippen LogP contribution in [-0.4, -0.2) is 24.0 Å². The summed E-state index contributed by atoms with van der Waals surface area (Å²) in [6.45, 7) is 0. The van der Waals surface area contributed by atoms with E-state index in [1.807, 2.05) is 36.0 Å². The number of hydrogen-bond acceptors (Lipinski definition) is 3. The van der Waals surface area contributed by atoms with Crippen LogP contribution in [0.2, 0.25) is 0 Å². The number of anilines is 1. The van der Waals surface area contributed by atoms with Crippen LogP contribution in [0.4, 0.5) is 5.69 Å². The summed E-state index contributed by atoms with van der Waals surface area (Å²) in [6, 6.07) is 7.47. The molecule has 0 bridgehead atoms. The fraction of sp³-hybridized carbons (Fsp3) is 0.562.